The molecule has 4 nitrogen and oxygen atoms in total. The molecule has 2 N–H and O–H groups in total. The fraction of sp³-hybridized carbons (Fsp3) is 0.438. The fourth-order valence-corrected chi connectivity index (χ4v) is 3.51. The molecule has 0 bridgehead atoms. The van der Waals surface area contributed by atoms with Gasteiger partial charge in [0.05, 0.1) is 6.61 Å². The van der Waals surface area contributed by atoms with Gasteiger partial charge in [0.2, 0.25) is 0 Å². The molecule has 1 aromatic rings. The van der Waals surface area contributed by atoms with Gasteiger partial charge in [-0.05, 0) is 32.1 Å². The SMILES string of the molecule is CC(C)=C[C@H]1OC(=O)[C@@H]([C@H](CO)Sc2ccccc2)[C@@H]1O. The van der Waals surface area contributed by atoms with Crippen molar-refractivity contribution >= 4 is 17.7 Å². The third kappa shape index (κ3) is 3.87. The van der Waals surface area contributed by atoms with E-state index >= 15 is 0 Å². The summed E-state index contributed by atoms with van der Waals surface area (Å²) in [5.74, 6) is -1.17. The van der Waals surface area contributed by atoms with Gasteiger partial charge < -0.3 is 14.9 Å². The molecule has 21 heavy (non-hydrogen) atoms. The number of allylic oxidation sites excluding steroid dienone is 1. The lowest BCUT2D eigenvalue weighted by Gasteiger charge is -2.21. The predicted molar refractivity (Wildman–Crippen MR) is 82.0 cm³/mol. The molecule has 0 aliphatic carbocycles. The minimum atomic E-state index is -0.930. The molecule has 1 aliphatic rings. The number of hydrogen-bond donors (Lipinski definition) is 2. The highest BCUT2D eigenvalue weighted by Crippen LogP contribution is 2.35. The molecule has 1 aliphatic heterocycles. The number of cyclic esters (lactones) is 1. The number of carbonyl (C=O) groups is 1. The number of ether oxygens (including phenoxy) is 1. The number of aliphatic hydroxyl groups is 2. The van der Waals surface area contributed by atoms with E-state index in [1.165, 1.54) is 11.8 Å². The van der Waals surface area contributed by atoms with Gasteiger partial charge in [-0.1, -0.05) is 23.8 Å². The highest BCUT2D eigenvalue weighted by atomic mass is 32.2. The molecule has 0 unspecified atom stereocenters. The summed E-state index contributed by atoms with van der Waals surface area (Å²) in [6, 6.07) is 9.51. The highest BCUT2D eigenvalue weighted by Gasteiger charge is 2.47. The predicted octanol–water partition coefficient (Wildman–Crippen LogP) is 2.01. The van der Waals surface area contributed by atoms with Crippen molar-refractivity contribution in [2.24, 2.45) is 5.92 Å². The van der Waals surface area contributed by atoms with Gasteiger partial charge in [-0.2, -0.15) is 0 Å². The largest absolute Gasteiger partial charge is 0.455 e. The van der Waals surface area contributed by atoms with Crippen LogP contribution in [0.4, 0.5) is 0 Å². The highest BCUT2D eigenvalue weighted by molar-refractivity contribution is 8.00. The first-order chi connectivity index (χ1) is 10.0. The molecule has 1 saturated heterocycles. The molecule has 1 heterocycles. The number of rotatable bonds is 5. The third-order valence-electron chi connectivity index (χ3n) is 3.34. The van der Waals surface area contributed by atoms with Crippen LogP contribution in [0.1, 0.15) is 13.8 Å². The zero-order chi connectivity index (χ0) is 15.4. The first-order valence-corrected chi connectivity index (χ1v) is 7.77. The Bertz CT molecular complexity index is 510. The van der Waals surface area contributed by atoms with E-state index < -0.39 is 29.3 Å². The lowest BCUT2D eigenvalue weighted by atomic mass is 9.97. The van der Waals surface area contributed by atoms with E-state index in [2.05, 4.69) is 0 Å². The third-order valence-corrected chi connectivity index (χ3v) is 4.63. The van der Waals surface area contributed by atoms with Crippen LogP contribution in [0.2, 0.25) is 0 Å². The van der Waals surface area contributed by atoms with Crippen LogP contribution in [0.15, 0.2) is 46.9 Å². The van der Waals surface area contributed by atoms with Gasteiger partial charge in [0.25, 0.3) is 0 Å². The first-order valence-electron chi connectivity index (χ1n) is 6.89. The van der Waals surface area contributed by atoms with Crippen LogP contribution < -0.4 is 0 Å². The van der Waals surface area contributed by atoms with Gasteiger partial charge in [-0.3, -0.25) is 4.79 Å². The van der Waals surface area contributed by atoms with Gasteiger partial charge in [0.1, 0.15) is 18.1 Å². The van der Waals surface area contributed by atoms with Gasteiger partial charge in [0, 0.05) is 10.1 Å². The van der Waals surface area contributed by atoms with Crippen molar-refractivity contribution in [2.75, 3.05) is 6.61 Å². The molecule has 0 amide bonds. The maximum Gasteiger partial charge on any atom is 0.313 e. The van der Waals surface area contributed by atoms with Crippen LogP contribution in [-0.4, -0.2) is 40.2 Å². The lowest BCUT2D eigenvalue weighted by Crippen LogP contribution is -2.35. The molecule has 1 fully saturated rings. The van der Waals surface area contributed by atoms with Crippen LogP contribution in [0, 0.1) is 5.92 Å². The quantitative estimate of drug-likeness (QED) is 0.495. The topological polar surface area (TPSA) is 66.8 Å². The standard InChI is InChI=1S/C16H20O4S/c1-10(2)8-12-15(18)14(16(19)20-12)13(9-17)21-11-6-4-3-5-7-11/h3-8,12-15,17-18H,9H2,1-2H3/t12-,13+,14+,15-/m1/s1. The second-order valence-corrected chi connectivity index (χ2v) is 6.63. The average molecular weight is 308 g/mol. The summed E-state index contributed by atoms with van der Waals surface area (Å²) in [4.78, 5) is 13.0. The number of carbonyl (C=O) groups excluding carboxylic acids is 1. The zero-order valence-electron chi connectivity index (χ0n) is 12.1. The molecule has 1 aromatic carbocycles. The summed E-state index contributed by atoms with van der Waals surface area (Å²) >= 11 is 1.38. The molecular weight excluding hydrogens is 288 g/mol. The van der Waals surface area contributed by atoms with Crippen molar-refractivity contribution in [3.05, 3.63) is 42.0 Å². The minimum Gasteiger partial charge on any atom is -0.455 e. The first kappa shape index (κ1) is 16.1. The van der Waals surface area contributed by atoms with Crippen molar-refractivity contribution in [1.82, 2.24) is 0 Å². The van der Waals surface area contributed by atoms with E-state index in [0.29, 0.717) is 0 Å². The lowest BCUT2D eigenvalue weighted by molar-refractivity contribution is -0.143. The van der Waals surface area contributed by atoms with Crippen LogP contribution in [0.3, 0.4) is 0 Å². The van der Waals surface area contributed by atoms with Crippen LogP contribution in [0.5, 0.6) is 0 Å². The number of esters is 1. The Balaban J connectivity index is 2.14. The Morgan fingerprint density at radius 1 is 1.38 bits per heavy atom. The zero-order valence-corrected chi connectivity index (χ0v) is 12.9. The molecule has 2 rings (SSSR count). The molecule has 0 aromatic heterocycles. The van der Waals surface area contributed by atoms with Crippen LogP contribution in [0.25, 0.3) is 0 Å². The normalized spacial score (nSPS) is 26.3. The molecule has 4 atom stereocenters. The van der Waals surface area contributed by atoms with Gasteiger partial charge in [-0.15, -0.1) is 11.8 Å². The Kier molecular flexibility index (Phi) is 5.45. The maximum atomic E-state index is 12.0. The van der Waals surface area contributed by atoms with E-state index in [-0.39, 0.29) is 6.61 Å². The number of benzene rings is 1. The summed E-state index contributed by atoms with van der Waals surface area (Å²) in [5, 5.41) is 19.5. The fourth-order valence-electron chi connectivity index (χ4n) is 2.36. The van der Waals surface area contributed by atoms with E-state index in [4.69, 9.17) is 4.74 Å². The van der Waals surface area contributed by atoms with Crippen LogP contribution in [-0.2, 0) is 9.53 Å². The average Bonchev–Trinajstić information content (AvgIpc) is 2.72. The Morgan fingerprint density at radius 2 is 2.05 bits per heavy atom. The van der Waals surface area contributed by atoms with E-state index in [9.17, 15) is 15.0 Å². The van der Waals surface area contributed by atoms with Crippen molar-refractivity contribution in [3.63, 3.8) is 0 Å². The number of hydrogen-bond acceptors (Lipinski definition) is 5. The summed E-state index contributed by atoms with van der Waals surface area (Å²) in [6.45, 7) is 3.57. The second kappa shape index (κ2) is 7.11. The van der Waals surface area contributed by atoms with Crippen molar-refractivity contribution in [1.29, 1.82) is 0 Å². The van der Waals surface area contributed by atoms with Crippen LogP contribution >= 0.6 is 11.8 Å². The van der Waals surface area contributed by atoms with Crippen molar-refractivity contribution < 1.29 is 19.7 Å². The Hall–Kier alpha value is -1.30. The van der Waals surface area contributed by atoms with Crippen molar-refractivity contribution in [3.8, 4) is 0 Å². The smallest absolute Gasteiger partial charge is 0.313 e. The van der Waals surface area contributed by atoms with Gasteiger partial charge in [0.15, 0.2) is 0 Å². The number of aliphatic hydroxyl groups excluding tert-OH is 2. The number of thioether (sulfide) groups is 1. The summed E-state index contributed by atoms with van der Waals surface area (Å²) in [7, 11) is 0. The molecule has 0 spiro atoms. The minimum absolute atomic E-state index is 0.196. The monoisotopic (exact) mass is 308 g/mol. The molecule has 5 heteroatoms. The summed E-state index contributed by atoms with van der Waals surface area (Å²) < 4.78 is 5.23. The van der Waals surface area contributed by atoms with Crippen molar-refractivity contribution in [2.45, 2.75) is 36.2 Å². The summed E-state index contributed by atoms with van der Waals surface area (Å²) in [6.07, 6.45) is 0.183. The second-order valence-electron chi connectivity index (χ2n) is 5.31. The van der Waals surface area contributed by atoms with Gasteiger partial charge >= 0.3 is 5.97 Å². The van der Waals surface area contributed by atoms with E-state index in [0.717, 1.165) is 10.5 Å². The Morgan fingerprint density at radius 3 is 2.62 bits per heavy atom. The summed E-state index contributed by atoms with van der Waals surface area (Å²) in [5.41, 5.74) is 0.976. The van der Waals surface area contributed by atoms with E-state index in [1.54, 1.807) is 6.08 Å². The molecule has 0 radical (unpaired) electrons. The van der Waals surface area contributed by atoms with Gasteiger partial charge in [-0.25, -0.2) is 0 Å². The molecule has 0 saturated carbocycles. The molecule has 114 valence electrons. The maximum absolute atomic E-state index is 12.0. The Labute approximate surface area is 128 Å². The molecular formula is C16H20O4S. The van der Waals surface area contributed by atoms with E-state index in [1.807, 2.05) is 44.2 Å².